The third-order valence-corrected chi connectivity index (χ3v) is 5.63. The number of H-pyrrole nitrogens is 1. The first kappa shape index (κ1) is 19.9. The molecule has 0 saturated heterocycles. The average Bonchev–Trinajstić information content (AvgIpc) is 3.26. The summed E-state index contributed by atoms with van der Waals surface area (Å²) in [4.78, 5) is 24.5. The number of carbonyl (C=O) groups excluding carboxylic acids is 2. The summed E-state index contributed by atoms with van der Waals surface area (Å²) < 4.78 is 5.25. The quantitative estimate of drug-likeness (QED) is 0.580. The molecule has 2 amide bonds. The second-order valence-electron chi connectivity index (χ2n) is 7.81. The van der Waals surface area contributed by atoms with Crippen LogP contribution in [0.2, 0.25) is 0 Å². The first-order chi connectivity index (χ1) is 14.7. The summed E-state index contributed by atoms with van der Waals surface area (Å²) in [5.41, 5.74) is 2.53. The molecule has 1 aliphatic rings. The Morgan fingerprint density at radius 3 is 2.67 bits per heavy atom. The van der Waals surface area contributed by atoms with Crippen molar-refractivity contribution in [1.29, 1.82) is 0 Å². The van der Waals surface area contributed by atoms with E-state index in [1.807, 2.05) is 48.5 Å². The molecular weight excluding hydrogens is 380 g/mol. The van der Waals surface area contributed by atoms with Crippen LogP contribution >= 0.6 is 0 Å². The standard InChI is InChI=1S/C23H26N4O3/c28-22(18-8-11-21-19(12-18)14-25-27-21)26-20-9-6-16(7-10-20)13-24-23(29)30-15-17-4-2-1-3-5-17/h1-5,8,11-12,14,16,20H,6-7,9-10,13,15H2,(H,24,29)(H,25,27)(H,26,28). The summed E-state index contributed by atoms with van der Waals surface area (Å²) in [6.07, 6.45) is 5.07. The first-order valence-corrected chi connectivity index (χ1v) is 10.4. The van der Waals surface area contributed by atoms with Crippen LogP contribution in [0.3, 0.4) is 0 Å². The zero-order valence-electron chi connectivity index (χ0n) is 16.8. The Hall–Kier alpha value is -3.35. The predicted molar refractivity (Wildman–Crippen MR) is 114 cm³/mol. The number of hydrogen-bond donors (Lipinski definition) is 3. The van der Waals surface area contributed by atoms with Crippen LogP contribution in [0, 0.1) is 5.92 Å². The summed E-state index contributed by atoms with van der Waals surface area (Å²) in [5, 5.41) is 13.8. The zero-order chi connectivity index (χ0) is 20.8. The van der Waals surface area contributed by atoms with Crippen molar-refractivity contribution in [2.24, 2.45) is 5.92 Å². The molecule has 1 aromatic heterocycles. The number of nitrogens with zero attached hydrogens (tertiary/aromatic N) is 1. The lowest BCUT2D eigenvalue weighted by Crippen LogP contribution is -2.39. The Morgan fingerprint density at radius 1 is 1.07 bits per heavy atom. The molecule has 0 spiro atoms. The van der Waals surface area contributed by atoms with Crippen LogP contribution in [0.5, 0.6) is 0 Å². The van der Waals surface area contributed by atoms with E-state index in [2.05, 4.69) is 20.8 Å². The topological polar surface area (TPSA) is 96.1 Å². The molecule has 0 bridgehead atoms. The molecule has 1 aliphatic carbocycles. The number of amides is 2. The van der Waals surface area contributed by atoms with E-state index in [0.717, 1.165) is 42.1 Å². The molecule has 7 heteroatoms. The molecule has 4 rings (SSSR count). The number of aromatic amines is 1. The normalized spacial score (nSPS) is 18.7. The van der Waals surface area contributed by atoms with Crippen LogP contribution in [0.4, 0.5) is 4.79 Å². The van der Waals surface area contributed by atoms with Gasteiger partial charge in [-0.3, -0.25) is 9.89 Å². The molecular formula is C23H26N4O3. The van der Waals surface area contributed by atoms with Crippen LogP contribution in [-0.4, -0.2) is 34.8 Å². The highest BCUT2D eigenvalue weighted by molar-refractivity contribution is 5.98. The molecule has 3 aromatic rings. The molecule has 3 N–H and O–H groups in total. The third kappa shape index (κ3) is 5.17. The van der Waals surface area contributed by atoms with E-state index < -0.39 is 0 Å². The Labute approximate surface area is 175 Å². The number of fused-ring (bicyclic) bond motifs is 1. The molecule has 1 fully saturated rings. The minimum absolute atomic E-state index is 0.0517. The minimum atomic E-state index is -0.385. The number of carbonyl (C=O) groups is 2. The fourth-order valence-corrected chi connectivity index (χ4v) is 3.87. The lowest BCUT2D eigenvalue weighted by Gasteiger charge is -2.29. The summed E-state index contributed by atoms with van der Waals surface area (Å²) >= 11 is 0. The van der Waals surface area contributed by atoms with Gasteiger partial charge in [0.1, 0.15) is 6.61 Å². The fraction of sp³-hybridized carbons (Fsp3) is 0.348. The molecule has 30 heavy (non-hydrogen) atoms. The molecule has 7 nitrogen and oxygen atoms in total. The number of aromatic nitrogens is 2. The minimum Gasteiger partial charge on any atom is -0.445 e. The van der Waals surface area contributed by atoms with E-state index in [0.29, 0.717) is 18.0 Å². The van der Waals surface area contributed by atoms with E-state index in [4.69, 9.17) is 4.74 Å². The van der Waals surface area contributed by atoms with Gasteiger partial charge in [-0.25, -0.2) is 4.79 Å². The van der Waals surface area contributed by atoms with Gasteiger partial charge in [-0.2, -0.15) is 5.10 Å². The number of hydrogen-bond acceptors (Lipinski definition) is 4. The molecule has 0 aliphatic heterocycles. The molecule has 2 aromatic carbocycles. The highest BCUT2D eigenvalue weighted by Gasteiger charge is 2.23. The Morgan fingerprint density at radius 2 is 1.87 bits per heavy atom. The summed E-state index contributed by atoms with van der Waals surface area (Å²) in [5.74, 6) is 0.355. The second kappa shape index (κ2) is 9.43. The predicted octanol–water partition coefficient (Wildman–Crippen LogP) is 3.78. The summed E-state index contributed by atoms with van der Waals surface area (Å²) in [6, 6.07) is 15.3. The first-order valence-electron chi connectivity index (χ1n) is 10.4. The third-order valence-electron chi connectivity index (χ3n) is 5.63. The Balaban J connectivity index is 1.16. The maximum Gasteiger partial charge on any atom is 0.407 e. The van der Waals surface area contributed by atoms with Crippen molar-refractivity contribution >= 4 is 22.9 Å². The van der Waals surface area contributed by atoms with Crippen LogP contribution in [0.15, 0.2) is 54.7 Å². The van der Waals surface area contributed by atoms with Gasteiger partial charge in [-0.1, -0.05) is 30.3 Å². The summed E-state index contributed by atoms with van der Waals surface area (Å²) in [7, 11) is 0. The number of benzene rings is 2. The van der Waals surface area contributed by atoms with E-state index in [1.54, 1.807) is 6.20 Å². The molecule has 1 heterocycles. The van der Waals surface area contributed by atoms with Crippen molar-refractivity contribution < 1.29 is 14.3 Å². The lowest BCUT2D eigenvalue weighted by molar-refractivity contribution is 0.0922. The van der Waals surface area contributed by atoms with Crippen LogP contribution in [-0.2, 0) is 11.3 Å². The maximum atomic E-state index is 12.5. The highest BCUT2D eigenvalue weighted by atomic mass is 16.5. The van der Waals surface area contributed by atoms with Gasteiger partial charge in [0.05, 0.1) is 11.7 Å². The number of rotatable bonds is 6. The van der Waals surface area contributed by atoms with Gasteiger partial charge >= 0.3 is 6.09 Å². The van der Waals surface area contributed by atoms with Crippen molar-refractivity contribution in [3.63, 3.8) is 0 Å². The van der Waals surface area contributed by atoms with Gasteiger partial charge in [0, 0.05) is 23.5 Å². The second-order valence-corrected chi connectivity index (χ2v) is 7.81. The van der Waals surface area contributed by atoms with Crippen molar-refractivity contribution in [3.05, 3.63) is 65.9 Å². The van der Waals surface area contributed by atoms with Crippen molar-refractivity contribution in [3.8, 4) is 0 Å². The molecule has 0 unspecified atom stereocenters. The highest BCUT2D eigenvalue weighted by Crippen LogP contribution is 2.24. The molecule has 1 saturated carbocycles. The number of ether oxygens (including phenoxy) is 1. The van der Waals surface area contributed by atoms with Gasteiger partial charge in [0.15, 0.2) is 0 Å². The molecule has 0 radical (unpaired) electrons. The fourth-order valence-electron chi connectivity index (χ4n) is 3.87. The molecule has 0 atom stereocenters. The van der Waals surface area contributed by atoms with E-state index in [-0.39, 0.29) is 24.6 Å². The number of alkyl carbamates (subject to hydrolysis) is 1. The van der Waals surface area contributed by atoms with Crippen molar-refractivity contribution in [2.45, 2.75) is 38.3 Å². The Kier molecular flexibility index (Phi) is 6.27. The monoisotopic (exact) mass is 406 g/mol. The van der Waals surface area contributed by atoms with Crippen molar-refractivity contribution in [1.82, 2.24) is 20.8 Å². The summed E-state index contributed by atoms with van der Waals surface area (Å²) in [6.45, 7) is 0.876. The zero-order valence-corrected chi connectivity index (χ0v) is 16.8. The Bertz CT molecular complexity index is 994. The van der Waals surface area contributed by atoms with Crippen molar-refractivity contribution in [2.75, 3.05) is 6.54 Å². The van der Waals surface area contributed by atoms with Gasteiger partial charge in [0.2, 0.25) is 0 Å². The van der Waals surface area contributed by atoms with Crippen LogP contribution in [0.1, 0.15) is 41.6 Å². The van der Waals surface area contributed by atoms with Gasteiger partial charge in [0.25, 0.3) is 5.91 Å². The smallest absolute Gasteiger partial charge is 0.407 e. The lowest BCUT2D eigenvalue weighted by atomic mass is 9.86. The van der Waals surface area contributed by atoms with Crippen LogP contribution in [0.25, 0.3) is 10.9 Å². The largest absolute Gasteiger partial charge is 0.445 e. The van der Waals surface area contributed by atoms with E-state index in [9.17, 15) is 9.59 Å². The van der Waals surface area contributed by atoms with Gasteiger partial charge < -0.3 is 15.4 Å². The van der Waals surface area contributed by atoms with Gasteiger partial charge in [-0.15, -0.1) is 0 Å². The van der Waals surface area contributed by atoms with Gasteiger partial charge in [-0.05, 0) is 55.4 Å². The SMILES string of the molecule is O=C(NCC1CCC(NC(=O)c2ccc3[nH]ncc3c2)CC1)OCc1ccccc1. The number of nitrogens with one attached hydrogen (secondary N) is 3. The van der Waals surface area contributed by atoms with E-state index in [1.165, 1.54) is 0 Å². The maximum absolute atomic E-state index is 12.5. The van der Waals surface area contributed by atoms with Crippen LogP contribution < -0.4 is 10.6 Å². The molecule has 156 valence electrons. The van der Waals surface area contributed by atoms with E-state index >= 15 is 0 Å². The average molecular weight is 406 g/mol.